The van der Waals surface area contributed by atoms with Crippen molar-refractivity contribution in [3.63, 3.8) is 0 Å². The first-order valence-corrected chi connectivity index (χ1v) is 9.84. The molecule has 0 saturated carbocycles. The molecule has 1 fully saturated rings. The Hall–Kier alpha value is -2.57. The van der Waals surface area contributed by atoms with E-state index in [4.69, 9.17) is 4.74 Å². The van der Waals surface area contributed by atoms with Gasteiger partial charge in [-0.25, -0.2) is 0 Å². The van der Waals surface area contributed by atoms with Gasteiger partial charge < -0.3 is 24.5 Å². The molecule has 6 nitrogen and oxygen atoms in total. The molecule has 0 unspecified atom stereocenters. The zero-order chi connectivity index (χ0) is 19.8. The van der Waals surface area contributed by atoms with Gasteiger partial charge in [-0.1, -0.05) is 30.3 Å². The Labute approximate surface area is 166 Å². The quantitative estimate of drug-likeness (QED) is 0.706. The van der Waals surface area contributed by atoms with E-state index in [1.807, 2.05) is 35.2 Å². The van der Waals surface area contributed by atoms with Crippen LogP contribution in [0.1, 0.15) is 5.56 Å². The number of piperazine rings is 1. The van der Waals surface area contributed by atoms with Gasteiger partial charge in [0, 0.05) is 25.9 Å². The van der Waals surface area contributed by atoms with E-state index in [0.717, 1.165) is 37.4 Å². The molecule has 150 valence electrons. The van der Waals surface area contributed by atoms with Gasteiger partial charge in [-0.3, -0.25) is 4.79 Å². The third kappa shape index (κ3) is 5.71. The minimum atomic E-state index is 0.175. The number of nitrogens with zero attached hydrogens (tertiary/aromatic N) is 2. The Kier molecular flexibility index (Phi) is 7.28. The second-order valence-electron chi connectivity index (χ2n) is 7.22. The normalized spacial score (nSPS) is 14.8. The van der Waals surface area contributed by atoms with E-state index in [9.17, 15) is 9.90 Å². The van der Waals surface area contributed by atoms with E-state index in [1.54, 1.807) is 19.2 Å². The van der Waals surface area contributed by atoms with Crippen molar-refractivity contribution in [2.45, 2.75) is 6.54 Å². The summed E-state index contributed by atoms with van der Waals surface area (Å²) in [5.74, 6) is 0.460. The maximum Gasteiger partial charge on any atom is 0.278 e. The van der Waals surface area contributed by atoms with Crippen molar-refractivity contribution < 1.29 is 19.5 Å². The number of methoxy groups -OCH3 is 1. The number of hydrogen-bond donors (Lipinski definition) is 2. The number of aromatic hydroxyl groups is 1. The second-order valence-corrected chi connectivity index (χ2v) is 7.22. The summed E-state index contributed by atoms with van der Waals surface area (Å²) in [5.41, 5.74) is 2.26. The minimum Gasteiger partial charge on any atom is -0.508 e. The fourth-order valence-corrected chi connectivity index (χ4v) is 3.54. The molecular weight excluding hydrogens is 354 g/mol. The number of quaternary nitrogens is 1. The number of ether oxygens (including phenoxy) is 1. The number of phenols is 1. The molecule has 2 aromatic rings. The van der Waals surface area contributed by atoms with Crippen LogP contribution in [0.4, 0.5) is 5.69 Å². The number of nitrogens with one attached hydrogen (secondary N) is 1. The van der Waals surface area contributed by atoms with Crippen molar-refractivity contribution in [3.05, 3.63) is 60.2 Å². The number of rotatable bonds is 8. The summed E-state index contributed by atoms with van der Waals surface area (Å²) >= 11 is 0. The number of carbonyl (C=O) groups is 1. The number of amides is 1. The molecule has 0 aromatic heterocycles. The Morgan fingerprint density at radius 2 is 1.79 bits per heavy atom. The van der Waals surface area contributed by atoms with Crippen LogP contribution in [0.5, 0.6) is 5.75 Å². The van der Waals surface area contributed by atoms with Crippen molar-refractivity contribution in [2.75, 3.05) is 57.9 Å². The molecule has 3 rings (SSSR count). The molecule has 2 N–H and O–H groups in total. The highest BCUT2D eigenvalue weighted by Crippen LogP contribution is 2.18. The van der Waals surface area contributed by atoms with Gasteiger partial charge in [-0.15, -0.1) is 0 Å². The van der Waals surface area contributed by atoms with Crippen LogP contribution in [0.3, 0.4) is 0 Å². The lowest BCUT2D eigenvalue weighted by Gasteiger charge is -2.34. The number of anilines is 1. The molecule has 2 aromatic carbocycles. The van der Waals surface area contributed by atoms with Gasteiger partial charge in [0.05, 0.1) is 32.8 Å². The van der Waals surface area contributed by atoms with Crippen molar-refractivity contribution >= 4 is 11.6 Å². The fraction of sp³-hybridized carbons (Fsp3) is 0.409. The van der Waals surface area contributed by atoms with Crippen LogP contribution >= 0.6 is 0 Å². The summed E-state index contributed by atoms with van der Waals surface area (Å²) in [6.07, 6.45) is 0. The van der Waals surface area contributed by atoms with Crippen LogP contribution in [0.2, 0.25) is 0 Å². The first kappa shape index (κ1) is 20.2. The third-order valence-corrected chi connectivity index (χ3v) is 5.22. The topological polar surface area (TPSA) is 57.5 Å². The van der Waals surface area contributed by atoms with Crippen LogP contribution in [0.25, 0.3) is 0 Å². The summed E-state index contributed by atoms with van der Waals surface area (Å²) in [6, 6.07) is 17.4. The van der Waals surface area contributed by atoms with Crippen molar-refractivity contribution in [2.24, 2.45) is 0 Å². The van der Waals surface area contributed by atoms with Crippen molar-refractivity contribution in [1.29, 1.82) is 0 Å². The van der Waals surface area contributed by atoms with Crippen molar-refractivity contribution in [3.8, 4) is 5.75 Å². The average molecular weight is 385 g/mol. The summed E-state index contributed by atoms with van der Waals surface area (Å²) < 4.78 is 5.20. The highest BCUT2D eigenvalue weighted by molar-refractivity contribution is 5.77. The summed E-state index contributed by atoms with van der Waals surface area (Å²) in [7, 11) is 1.67. The van der Waals surface area contributed by atoms with Gasteiger partial charge in [0.1, 0.15) is 5.75 Å². The van der Waals surface area contributed by atoms with E-state index in [2.05, 4.69) is 17.0 Å². The van der Waals surface area contributed by atoms with E-state index in [1.165, 1.54) is 4.90 Å². The largest absolute Gasteiger partial charge is 0.508 e. The Morgan fingerprint density at radius 3 is 2.43 bits per heavy atom. The van der Waals surface area contributed by atoms with E-state index in [-0.39, 0.29) is 11.7 Å². The molecule has 1 aliphatic heterocycles. The zero-order valence-electron chi connectivity index (χ0n) is 16.5. The first-order chi connectivity index (χ1) is 13.7. The van der Waals surface area contributed by atoms with Crippen LogP contribution in [-0.4, -0.2) is 68.9 Å². The van der Waals surface area contributed by atoms with Crippen LogP contribution < -0.4 is 9.80 Å². The predicted octanol–water partition coefficient (Wildman–Crippen LogP) is 0.772. The average Bonchev–Trinajstić information content (AvgIpc) is 2.73. The molecular formula is C22H30N3O3+. The van der Waals surface area contributed by atoms with Crippen LogP contribution in [-0.2, 0) is 16.1 Å². The molecule has 1 saturated heterocycles. The molecule has 1 aliphatic rings. The van der Waals surface area contributed by atoms with Gasteiger partial charge in [0.25, 0.3) is 5.91 Å². The van der Waals surface area contributed by atoms with E-state index in [0.29, 0.717) is 26.2 Å². The standard InChI is InChI=1S/C22H29N3O3/c1-28-16-15-25(17-19-5-3-2-4-6-19)22(27)18-23-11-13-24(14-12-23)20-7-9-21(26)10-8-20/h2-10,26H,11-18H2,1H3/p+1. The molecule has 0 atom stereocenters. The van der Waals surface area contributed by atoms with Crippen LogP contribution in [0, 0.1) is 0 Å². The minimum absolute atomic E-state index is 0.175. The number of hydrogen-bond acceptors (Lipinski definition) is 4. The predicted molar refractivity (Wildman–Crippen MR) is 110 cm³/mol. The lowest BCUT2D eigenvalue weighted by Crippen LogP contribution is -3.15. The van der Waals surface area contributed by atoms with Gasteiger partial charge in [-0.2, -0.15) is 0 Å². The highest BCUT2D eigenvalue weighted by atomic mass is 16.5. The zero-order valence-corrected chi connectivity index (χ0v) is 16.5. The maximum absolute atomic E-state index is 12.9. The SMILES string of the molecule is COCCN(Cc1ccccc1)C(=O)C[NH+]1CCN(c2ccc(O)cc2)CC1. The highest BCUT2D eigenvalue weighted by Gasteiger charge is 2.25. The summed E-state index contributed by atoms with van der Waals surface area (Å²) in [4.78, 5) is 18.4. The summed E-state index contributed by atoms with van der Waals surface area (Å²) in [6.45, 7) is 5.95. The first-order valence-electron chi connectivity index (χ1n) is 9.84. The lowest BCUT2D eigenvalue weighted by molar-refractivity contribution is -0.892. The van der Waals surface area contributed by atoms with E-state index >= 15 is 0 Å². The molecule has 0 radical (unpaired) electrons. The lowest BCUT2D eigenvalue weighted by atomic mass is 10.2. The third-order valence-electron chi connectivity index (χ3n) is 5.22. The number of benzene rings is 2. The van der Waals surface area contributed by atoms with E-state index < -0.39 is 0 Å². The summed E-state index contributed by atoms with van der Waals surface area (Å²) in [5, 5.41) is 9.44. The maximum atomic E-state index is 12.9. The van der Waals surface area contributed by atoms with Gasteiger partial charge >= 0.3 is 0 Å². The molecule has 0 spiro atoms. The molecule has 0 bridgehead atoms. The Bertz CT molecular complexity index is 728. The molecule has 0 aliphatic carbocycles. The van der Waals surface area contributed by atoms with Gasteiger partial charge in [0.2, 0.25) is 0 Å². The Morgan fingerprint density at radius 1 is 1.11 bits per heavy atom. The van der Waals surface area contributed by atoms with Gasteiger partial charge in [-0.05, 0) is 29.8 Å². The second kappa shape index (κ2) is 10.1. The van der Waals surface area contributed by atoms with Crippen LogP contribution in [0.15, 0.2) is 54.6 Å². The smallest absolute Gasteiger partial charge is 0.278 e. The number of phenolic OH excluding ortho intramolecular Hbond substituents is 1. The van der Waals surface area contributed by atoms with Gasteiger partial charge in [0.15, 0.2) is 6.54 Å². The molecule has 6 heteroatoms. The monoisotopic (exact) mass is 384 g/mol. The number of carbonyl (C=O) groups excluding carboxylic acids is 1. The molecule has 28 heavy (non-hydrogen) atoms. The molecule has 1 amide bonds. The molecule has 1 heterocycles. The van der Waals surface area contributed by atoms with Crippen molar-refractivity contribution in [1.82, 2.24) is 4.90 Å². The fourth-order valence-electron chi connectivity index (χ4n) is 3.54. The Balaban J connectivity index is 1.52.